The van der Waals surface area contributed by atoms with Gasteiger partial charge >= 0.3 is 0 Å². The highest BCUT2D eigenvalue weighted by molar-refractivity contribution is 5.76. The van der Waals surface area contributed by atoms with Gasteiger partial charge < -0.3 is 10.4 Å². The number of aromatic hydroxyl groups is 1. The van der Waals surface area contributed by atoms with Crippen molar-refractivity contribution in [2.45, 2.75) is 19.3 Å². The summed E-state index contributed by atoms with van der Waals surface area (Å²) < 4.78 is 26.0. The van der Waals surface area contributed by atoms with Crippen LogP contribution >= 0.6 is 0 Å². The molecule has 0 aliphatic heterocycles. The van der Waals surface area contributed by atoms with Crippen molar-refractivity contribution in [2.75, 3.05) is 6.54 Å². The van der Waals surface area contributed by atoms with Crippen LogP contribution in [0.1, 0.15) is 17.5 Å². The third-order valence-electron chi connectivity index (χ3n) is 3.27. The van der Waals surface area contributed by atoms with Gasteiger partial charge in [0.25, 0.3) is 0 Å². The number of hydrogen-bond acceptors (Lipinski definition) is 2. The summed E-state index contributed by atoms with van der Waals surface area (Å²) in [6.07, 6.45) is 1.04. The van der Waals surface area contributed by atoms with Crippen molar-refractivity contribution in [1.29, 1.82) is 0 Å². The second kappa shape index (κ2) is 7.54. The van der Waals surface area contributed by atoms with E-state index in [1.807, 2.05) is 0 Å². The molecule has 0 saturated heterocycles. The fourth-order valence-electron chi connectivity index (χ4n) is 2.16. The van der Waals surface area contributed by atoms with Crippen molar-refractivity contribution in [3.63, 3.8) is 0 Å². The van der Waals surface area contributed by atoms with Gasteiger partial charge in [-0.1, -0.05) is 18.2 Å². The van der Waals surface area contributed by atoms with E-state index in [4.69, 9.17) is 0 Å². The molecule has 0 radical (unpaired) electrons. The summed E-state index contributed by atoms with van der Waals surface area (Å²) in [7, 11) is 0. The maximum absolute atomic E-state index is 13.0. The van der Waals surface area contributed by atoms with Crippen LogP contribution < -0.4 is 5.32 Å². The molecule has 2 aromatic rings. The van der Waals surface area contributed by atoms with Crippen LogP contribution in [0.3, 0.4) is 0 Å². The zero-order valence-corrected chi connectivity index (χ0v) is 12.0. The number of para-hydroxylation sites is 1. The number of amides is 1. The number of benzene rings is 2. The topological polar surface area (TPSA) is 49.3 Å². The van der Waals surface area contributed by atoms with E-state index in [0.717, 1.165) is 6.07 Å². The number of nitrogens with one attached hydrogen (secondary N) is 1. The lowest BCUT2D eigenvalue weighted by atomic mass is 10.1. The highest BCUT2D eigenvalue weighted by Crippen LogP contribution is 2.17. The smallest absolute Gasteiger partial charge is 0.220 e. The lowest BCUT2D eigenvalue weighted by Gasteiger charge is -2.07. The monoisotopic (exact) mass is 305 g/mol. The maximum Gasteiger partial charge on any atom is 0.220 e. The van der Waals surface area contributed by atoms with Crippen molar-refractivity contribution in [3.05, 3.63) is 65.2 Å². The summed E-state index contributed by atoms with van der Waals surface area (Å²) in [5.41, 5.74) is 1.21. The summed E-state index contributed by atoms with van der Waals surface area (Å²) in [4.78, 5) is 11.7. The first-order valence-corrected chi connectivity index (χ1v) is 7.03. The Kier molecular flexibility index (Phi) is 5.47. The number of carbonyl (C=O) groups is 1. The van der Waals surface area contributed by atoms with Crippen LogP contribution in [0.15, 0.2) is 42.5 Å². The largest absolute Gasteiger partial charge is 0.508 e. The molecule has 5 heteroatoms. The van der Waals surface area contributed by atoms with Crippen LogP contribution in [0.5, 0.6) is 5.75 Å². The highest BCUT2D eigenvalue weighted by atomic mass is 19.1. The van der Waals surface area contributed by atoms with Crippen molar-refractivity contribution in [3.8, 4) is 5.75 Å². The lowest BCUT2D eigenvalue weighted by molar-refractivity contribution is -0.121. The Balaban J connectivity index is 1.75. The number of hydrogen-bond donors (Lipinski definition) is 2. The number of phenolic OH excluding ortho intramolecular Hbond substituents is 1. The van der Waals surface area contributed by atoms with Crippen molar-refractivity contribution in [1.82, 2.24) is 5.32 Å². The fraction of sp³-hybridized carbons (Fsp3) is 0.235. The van der Waals surface area contributed by atoms with Crippen LogP contribution in [-0.2, 0) is 17.6 Å². The first-order valence-electron chi connectivity index (χ1n) is 7.03. The number of rotatable bonds is 6. The van der Waals surface area contributed by atoms with Crippen LogP contribution in [0.2, 0.25) is 0 Å². The summed E-state index contributed by atoms with van der Waals surface area (Å²) in [5, 5.41) is 12.3. The molecule has 2 aromatic carbocycles. The Hall–Kier alpha value is -2.43. The molecule has 116 valence electrons. The summed E-state index contributed by atoms with van der Waals surface area (Å²) in [6.45, 7) is 0.308. The average molecular weight is 305 g/mol. The molecular formula is C17H17F2NO2. The van der Waals surface area contributed by atoms with E-state index < -0.39 is 11.6 Å². The quantitative estimate of drug-likeness (QED) is 0.862. The molecular weight excluding hydrogens is 288 g/mol. The van der Waals surface area contributed by atoms with Crippen molar-refractivity contribution >= 4 is 5.91 Å². The Morgan fingerprint density at radius 2 is 1.73 bits per heavy atom. The van der Waals surface area contributed by atoms with Crippen LogP contribution in [0.25, 0.3) is 0 Å². The van der Waals surface area contributed by atoms with Gasteiger partial charge in [0, 0.05) is 19.0 Å². The zero-order valence-electron chi connectivity index (χ0n) is 12.0. The second-order valence-electron chi connectivity index (χ2n) is 5.01. The van der Waals surface area contributed by atoms with Gasteiger partial charge in [0.2, 0.25) is 5.91 Å². The molecule has 0 bridgehead atoms. The summed E-state index contributed by atoms with van der Waals surface area (Å²) >= 11 is 0. The number of aryl methyl sites for hydroxylation is 1. The fourth-order valence-corrected chi connectivity index (χ4v) is 2.16. The molecule has 2 rings (SSSR count). The maximum atomic E-state index is 13.0. The minimum absolute atomic E-state index is 0.167. The van der Waals surface area contributed by atoms with Gasteiger partial charge in [-0.15, -0.1) is 0 Å². The first kappa shape index (κ1) is 15.9. The predicted octanol–water partition coefficient (Wildman–Crippen LogP) is 2.96. The third-order valence-corrected chi connectivity index (χ3v) is 3.27. The van der Waals surface area contributed by atoms with Gasteiger partial charge in [-0.25, -0.2) is 8.78 Å². The van der Waals surface area contributed by atoms with Gasteiger partial charge in [-0.3, -0.25) is 4.79 Å². The van der Waals surface area contributed by atoms with Crippen LogP contribution in [0, 0.1) is 11.6 Å². The normalized spacial score (nSPS) is 10.5. The molecule has 0 unspecified atom stereocenters. The molecule has 0 fully saturated rings. The van der Waals surface area contributed by atoms with E-state index >= 15 is 0 Å². The molecule has 0 aliphatic carbocycles. The molecule has 0 saturated carbocycles. The SMILES string of the molecule is O=C(CCc1ccccc1O)NCCc1cc(F)cc(F)c1. The standard InChI is InChI=1S/C17H17F2NO2/c18-14-9-12(10-15(19)11-14)7-8-20-17(22)6-5-13-3-1-2-4-16(13)21/h1-4,9-11,21H,5-8H2,(H,20,22). The molecule has 0 aliphatic rings. The molecule has 2 N–H and O–H groups in total. The second-order valence-corrected chi connectivity index (χ2v) is 5.01. The van der Waals surface area contributed by atoms with Gasteiger partial charge in [-0.05, 0) is 42.2 Å². The molecule has 0 aromatic heterocycles. The molecule has 0 spiro atoms. The minimum Gasteiger partial charge on any atom is -0.508 e. The lowest BCUT2D eigenvalue weighted by Crippen LogP contribution is -2.25. The van der Waals surface area contributed by atoms with Gasteiger partial charge in [0.15, 0.2) is 0 Å². The minimum atomic E-state index is -0.624. The average Bonchev–Trinajstić information content (AvgIpc) is 2.45. The van der Waals surface area contributed by atoms with E-state index in [1.165, 1.54) is 12.1 Å². The van der Waals surface area contributed by atoms with Crippen LogP contribution in [-0.4, -0.2) is 17.6 Å². The predicted molar refractivity (Wildman–Crippen MR) is 79.5 cm³/mol. The highest BCUT2D eigenvalue weighted by Gasteiger charge is 2.06. The van der Waals surface area contributed by atoms with E-state index in [9.17, 15) is 18.7 Å². The van der Waals surface area contributed by atoms with Crippen molar-refractivity contribution < 1.29 is 18.7 Å². The Bertz CT molecular complexity index is 639. The summed E-state index contributed by atoms with van der Waals surface area (Å²) in [6, 6.07) is 10.2. The zero-order chi connectivity index (χ0) is 15.9. The Morgan fingerprint density at radius 3 is 2.41 bits per heavy atom. The van der Waals surface area contributed by atoms with Gasteiger partial charge in [0.1, 0.15) is 17.4 Å². The number of phenols is 1. The van der Waals surface area contributed by atoms with E-state index in [0.29, 0.717) is 30.5 Å². The van der Waals surface area contributed by atoms with Crippen LogP contribution in [0.4, 0.5) is 8.78 Å². The van der Waals surface area contributed by atoms with Gasteiger partial charge in [0.05, 0.1) is 0 Å². The first-order chi connectivity index (χ1) is 10.5. The van der Waals surface area contributed by atoms with Crippen molar-refractivity contribution in [2.24, 2.45) is 0 Å². The van der Waals surface area contributed by atoms with E-state index in [2.05, 4.69) is 5.32 Å². The number of carbonyl (C=O) groups excluding carboxylic acids is 1. The molecule has 0 heterocycles. The van der Waals surface area contributed by atoms with E-state index in [1.54, 1.807) is 24.3 Å². The third kappa shape index (κ3) is 4.84. The molecule has 22 heavy (non-hydrogen) atoms. The number of halogens is 2. The molecule has 3 nitrogen and oxygen atoms in total. The van der Waals surface area contributed by atoms with Gasteiger partial charge in [-0.2, -0.15) is 0 Å². The molecule has 1 amide bonds. The summed E-state index contributed by atoms with van der Waals surface area (Å²) in [5.74, 6) is -1.24. The molecule has 0 atom stereocenters. The Morgan fingerprint density at radius 1 is 1.05 bits per heavy atom. The van der Waals surface area contributed by atoms with E-state index in [-0.39, 0.29) is 18.1 Å². The Labute approximate surface area is 127 Å².